The summed E-state index contributed by atoms with van der Waals surface area (Å²) in [5, 5.41) is 7.13. The van der Waals surface area contributed by atoms with Gasteiger partial charge in [0.15, 0.2) is 5.82 Å². The van der Waals surface area contributed by atoms with Crippen molar-refractivity contribution in [3.63, 3.8) is 0 Å². The summed E-state index contributed by atoms with van der Waals surface area (Å²) in [4.78, 5) is 17.4. The van der Waals surface area contributed by atoms with E-state index in [0.29, 0.717) is 16.6 Å². The third kappa shape index (κ3) is 2.52. The molecule has 0 atom stereocenters. The van der Waals surface area contributed by atoms with Crippen LogP contribution in [0.15, 0.2) is 20.4 Å². The van der Waals surface area contributed by atoms with Gasteiger partial charge in [0.2, 0.25) is 5.89 Å². The van der Waals surface area contributed by atoms with Gasteiger partial charge in [-0.3, -0.25) is 4.79 Å². The smallest absolute Gasteiger partial charge is 0.262 e. The Morgan fingerprint density at radius 3 is 2.75 bits per heavy atom. The Labute approximate surface area is 128 Å². The molecule has 106 valence electrons. The maximum atomic E-state index is 12.4. The fourth-order valence-electron chi connectivity index (χ4n) is 2.59. The first-order chi connectivity index (χ1) is 9.59. The molecular formula is C13H14BrN3O2S. The van der Waals surface area contributed by atoms with E-state index in [4.69, 9.17) is 4.52 Å². The Bertz CT molecular complexity index is 631. The highest BCUT2D eigenvalue weighted by atomic mass is 79.9. The van der Waals surface area contributed by atoms with Crippen molar-refractivity contribution in [1.29, 1.82) is 0 Å². The van der Waals surface area contributed by atoms with Crippen LogP contribution in [0.25, 0.3) is 0 Å². The number of nitrogens with zero attached hydrogens (tertiary/aromatic N) is 2. The zero-order valence-electron chi connectivity index (χ0n) is 11.0. The molecule has 0 saturated heterocycles. The number of hydrogen-bond donors (Lipinski definition) is 1. The van der Waals surface area contributed by atoms with Crippen molar-refractivity contribution in [2.45, 2.75) is 38.1 Å². The number of thiophene rings is 1. The van der Waals surface area contributed by atoms with E-state index in [1.807, 2.05) is 12.1 Å². The van der Waals surface area contributed by atoms with Crippen LogP contribution in [0, 0.1) is 6.92 Å². The van der Waals surface area contributed by atoms with Gasteiger partial charge in [-0.15, -0.1) is 11.3 Å². The molecule has 5 nitrogen and oxygen atoms in total. The average molecular weight is 356 g/mol. The van der Waals surface area contributed by atoms with Gasteiger partial charge < -0.3 is 9.84 Å². The van der Waals surface area contributed by atoms with Crippen LogP contribution in [0.4, 0.5) is 0 Å². The Balaban J connectivity index is 1.86. The number of hydrogen-bond acceptors (Lipinski definition) is 5. The van der Waals surface area contributed by atoms with Crippen molar-refractivity contribution in [2.75, 3.05) is 0 Å². The molecule has 0 unspecified atom stereocenters. The van der Waals surface area contributed by atoms with Gasteiger partial charge in [0.05, 0.1) is 8.66 Å². The van der Waals surface area contributed by atoms with Crippen molar-refractivity contribution in [3.05, 3.63) is 32.5 Å². The van der Waals surface area contributed by atoms with E-state index in [-0.39, 0.29) is 5.91 Å². The summed E-state index contributed by atoms with van der Waals surface area (Å²) in [6.45, 7) is 1.76. The zero-order chi connectivity index (χ0) is 14.2. The molecule has 20 heavy (non-hydrogen) atoms. The number of carbonyl (C=O) groups is 1. The van der Waals surface area contributed by atoms with E-state index in [9.17, 15) is 4.79 Å². The minimum Gasteiger partial charge on any atom is -0.340 e. The monoisotopic (exact) mass is 355 g/mol. The standard InChI is InChI=1S/C13H14BrN3O2S/c1-8-15-12(17-19-8)13(6-2-3-7-13)16-11(18)9-4-5-10(14)20-9/h4-5H,2-3,6-7H2,1H3,(H,16,18). The average Bonchev–Trinajstić information content (AvgIpc) is 3.10. The van der Waals surface area contributed by atoms with Gasteiger partial charge in [0.1, 0.15) is 5.54 Å². The van der Waals surface area contributed by atoms with Gasteiger partial charge in [0.25, 0.3) is 5.91 Å². The van der Waals surface area contributed by atoms with Crippen LogP contribution in [0.1, 0.15) is 47.1 Å². The fourth-order valence-corrected chi connectivity index (χ4v) is 3.87. The number of aryl methyl sites for hydroxylation is 1. The summed E-state index contributed by atoms with van der Waals surface area (Å²) in [5.74, 6) is 1.04. The molecule has 1 aliphatic rings. The molecule has 1 N–H and O–H groups in total. The second kappa shape index (κ2) is 5.29. The normalized spacial score (nSPS) is 17.3. The third-order valence-corrected chi connectivity index (χ3v) is 5.18. The van der Waals surface area contributed by atoms with Gasteiger partial charge in [-0.05, 0) is 40.9 Å². The Morgan fingerprint density at radius 1 is 1.45 bits per heavy atom. The first kappa shape index (κ1) is 13.8. The third-order valence-electron chi connectivity index (χ3n) is 3.56. The van der Waals surface area contributed by atoms with Crippen molar-refractivity contribution in [3.8, 4) is 0 Å². The highest BCUT2D eigenvalue weighted by molar-refractivity contribution is 9.11. The van der Waals surface area contributed by atoms with Crippen LogP contribution in [-0.2, 0) is 5.54 Å². The first-order valence-corrected chi connectivity index (χ1v) is 8.09. The van der Waals surface area contributed by atoms with Crippen molar-refractivity contribution < 1.29 is 9.32 Å². The lowest BCUT2D eigenvalue weighted by molar-refractivity contribution is 0.0896. The molecule has 0 bridgehead atoms. The Hall–Kier alpha value is -1.21. The Morgan fingerprint density at radius 2 is 2.20 bits per heavy atom. The topological polar surface area (TPSA) is 68.0 Å². The predicted octanol–water partition coefficient (Wildman–Crippen LogP) is 3.40. The van der Waals surface area contributed by atoms with Crippen LogP contribution in [0.2, 0.25) is 0 Å². The SMILES string of the molecule is Cc1nc(C2(NC(=O)c3ccc(Br)s3)CCCC2)no1. The van der Waals surface area contributed by atoms with Gasteiger partial charge in [-0.2, -0.15) is 4.98 Å². The lowest BCUT2D eigenvalue weighted by Gasteiger charge is -2.26. The molecule has 0 aliphatic heterocycles. The second-order valence-corrected chi connectivity index (χ2v) is 7.45. The van der Waals surface area contributed by atoms with E-state index in [2.05, 4.69) is 31.4 Å². The maximum Gasteiger partial charge on any atom is 0.262 e. The van der Waals surface area contributed by atoms with Crippen LogP contribution in [-0.4, -0.2) is 16.0 Å². The minimum absolute atomic E-state index is 0.0787. The van der Waals surface area contributed by atoms with E-state index in [0.717, 1.165) is 29.5 Å². The highest BCUT2D eigenvalue weighted by Gasteiger charge is 2.41. The van der Waals surface area contributed by atoms with Crippen LogP contribution in [0.5, 0.6) is 0 Å². The summed E-state index contributed by atoms with van der Waals surface area (Å²) >= 11 is 4.79. The first-order valence-electron chi connectivity index (χ1n) is 6.48. The van der Waals surface area contributed by atoms with Crippen LogP contribution < -0.4 is 5.32 Å². The minimum atomic E-state index is -0.481. The molecular weight excluding hydrogens is 342 g/mol. The van der Waals surface area contributed by atoms with Gasteiger partial charge in [-0.25, -0.2) is 0 Å². The van der Waals surface area contributed by atoms with Crippen molar-refractivity contribution in [1.82, 2.24) is 15.5 Å². The summed E-state index contributed by atoms with van der Waals surface area (Å²) in [6, 6.07) is 3.69. The van der Waals surface area contributed by atoms with Gasteiger partial charge in [0, 0.05) is 6.92 Å². The van der Waals surface area contributed by atoms with Crippen LogP contribution >= 0.6 is 27.3 Å². The quantitative estimate of drug-likeness (QED) is 0.915. The van der Waals surface area contributed by atoms with Gasteiger partial charge in [-0.1, -0.05) is 18.0 Å². The lowest BCUT2D eigenvalue weighted by atomic mass is 9.96. The predicted molar refractivity (Wildman–Crippen MR) is 78.7 cm³/mol. The lowest BCUT2D eigenvalue weighted by Crippen LogP contribution is -2.44. The Kier molecular flexibility index (Phi) is 3.64. The second-order valence-electron chi connectivity index (χ2n) is 4.98. The number of amides is 1. The van der Waals surface area contributed by atoms with Crippen molar-refractivity contribution >= 4 is 33.2 Å². The van der Waals surface area contributed by atoms with Crippen molar-refractivity contribution in [2.24, 2.45) is 0 Å². The summed E-state index contributed by atoms with van der Waals surface area (Å²) in [6.07, 6.45) is 3.82. The molecule has 7 heteroatoms. The fraction of sp³-hybridized carbons (Fsp3) is 0.462. The number of aromatic nitrogens is 2. The molecule has 2 heterocycles. The molecule has 1 aliphatic carbocycles. The molecule has 0 radical (unpaired) electrons. The van der Waals surface area contributed by atoms with E-state index < -0.39 is 5.54 Å². The molecule has 2 aromatic rings. The highest BCUT2D eigenvalue weighted by Crippen LogP contribution is 2.37. The molecule has 3 rings (SSSR count). The van der Waals surface area contributed by atoms with E-state index >= 15 is 0 Å². The number of carbonyl (C=O) groups excluding carboxylic acids is 1. The number of halogens is 1. The summed E-state index contributed by atoms with van der Waals surface area (Å²) < 4.78 is 6.02. The van der Waals surface area contributed by atoms with E-state index in [1.54, 1.807) is 6.92 Å². The van der Waals surface area contributed by atoms with Crippen LogP contribution in [0.3, 0.4) is 0 Å². The molecule has 0 spiro atoms. The molecule has 2 aromatic heterocycles. The summed E-state index contributed by atoms with van der Waals surface area (Å²) in [5.41, 5.74) is -0.481. The number of nitrogens with one attached hydrogen (secondary N) is 1. The van der Waals surface area contributed by atoms with Gasteiger partial charge >= 0.3 is 0 Å². The maximum absolute atomic E-state index is 12.4. The molecule has 1 fully saturated rings. The molecule has 0 aromatic carbocycles. The van der Waals surface area contributed by atoms with E-state index in [1.165, 1.54) is 11.3 Å². The molecule has 1 saturated carbocycles. The molecule has 1 amide bonds. The summed E-state index contributed by atoms with van der Waals surface area (Å²) in [7, 11) is 0. The largest absolute Gasteiger partial charge is 0.340 e. The number of rotatable bonds is 3. The zero-order valence-corrected chi connectivity index (χ0v) is 13.4.